The van der Waals surface area contributed by atoms with Gasteiger partial charge in [-0.05, 0) is 43.9 Å². The lowest BCUT2D eigenvalue weighted by molar-refractivity contribution is 0.408. The Balaban J connectivity index is 0.00000256. The van der Waals surface area contributed by atoms with Gasteiger partial charge in [0.1, 0.15) is 5.75 Å². The van der Waals surface area contributed by atoms with E-state index in [1.807, 2.05) is 20.8 Å². The van der Waals surface area contributed by atoms with Crippen molar-refractivity contribution in [1.82, 2.24) is 0 Å². The summed E-state index contributed by atoms with van der Waals surface area (Å²) in [6.07, 6.45) is 0.825. The summed E-state index contributed by atoms with van der Waals surface area (Å²) in [5, 5.41) is 0. The summed E-state index contributed by atoms with van der Waals surface area (Å²) in [6.45, 7) is 9.99. The van der Waals surface area contributed by atoms with Gasteiger partial charge in [-0.25, -0.2) is 0 Å². The van der Waals surface area contributed by atoms with Gasteiger partial charge < -0.3 is 10.5 Å². The molecule has 3 heteroatoms. The minimum atomic E-state index is 0. The molecule has 2 N–H and O–H groups in total. The van der Waals surface area contributed by atoms with E-state index in [0.717, 1.165) is 34.4 Å². The van der Waals surface area contributed by atoms with Crippen LogP contribution in [0.2, 0.25) is 0 Å². The first-order chi connectivity index (χ1) is 7.45. The van der Waals surface area contributed by atoms with E-state index in [0.29, 0.717) is 0 Å². The second-order valence-corrected chi connectivity index (χ2v) is 4.46. The third kappa shape index (κ3) is 4.06. The fourth-order valence-electron chi connectivity index (χ4n) is 2.01. The summed E-state index contributed by atoms with van der Waals surface area (Å²) < 4.78 is 5.33. The van der Waals surface area contributed by atoms with Crippen molar-refractivity contribution in [3.63, 3.8) is 0 Å². The molecule has 17 heavy (non-hydrogen) atoms. The quantitative estimate of drug-likeness (QED) is 0.833. The van der Waals surface area contributed by atoms with Crippen LogP contribution in [0.4, 0.5) is 0 Å². The number of benzene rings is 1. The van der Waals surface area contributed by atoms with Crippen molar-refractivity contribution in [2.45, 2.75) is 33.2 Å². The highest BCUT2D eigenvalue weighted by Gasteiger charge is 2.10. The average molecular weight is 256 g/mol. The molecule has 0 aliphatic heterocycles. The van der Waals surface area contributed by atoms with E-state index in [9.17, 15) is 0 Å². The first-order valence-electron chi connectivity index (χ1n) is 5.50. The van der Waals surface area contributed by atoms with Crippen molar-refractivity contribution in [2.75, 3.05) is 7.11 Å². The van der Waals surface area contributed by atoms with E-state index in [2.05, 4.69) is 18.7 Å². The van der Waals surface area contributed by atoms with E-state index >= 15 is 0 Å². The van der Waals surface area contributed by atoms with Crippen LogP contribution in [-0.2, 0) is 0 Å². The largest absolute Gasteiger partial charge is 0.496 e. The van der Waals surface area contributed by atoms with Gasteiger partial charge in [-0.2, -0.15) is 0 Å². The van der Waals surface area contributed by atoms with Crippen LogP contribution in [-0.4, -0.2) is 7.11 Å². The molecular weight excluding hydrogens is 234 g/mol. The van der Waals surface area contributed by atoms with Crippen LogP contribution in [0, 0.1) is 13.8 Å². The van der Waals surface area contributed by atoms with Gasteiger partial charge in [0.2, 0.25) is 0 Å². The molecule has 0 bridgehead atoms. The third-order valence-corrected chi connectivity index (χ3v) is 2.68. The molecule has 0 fully saturated rings. The summed E-state index contributed by atoms with van der Waals surface area (Å²) in [7, 11) is 1.70. The van der Waals surface area contributed by atoms with Crippen LogP contribution < -0.4 is 10.5 Å². The van der Waals surface area contributed by atoms with Crippen molar-refractivity contribution in [3.8, 4) is 5.75 Å². The Kier molecular flexibility index (Phi) is 6.29. The normalized spacial score (nSPS) is 11.6. The van der Waals surface area contributed by atoms with Gasteiger partial charge in [-0.15, -0.1) is 19.0 Å². The van der Waals surface area contributed by atoms with Crippen LogP contribution in [0.25, 0.3) is 0 Å². The zero-order valence-corrected chi connectivity index (χ0v) is 11.9. The number of halogens is 1. The van der Waals surface area contributed by atoms with Gasteiger partial charge in [0.05, 0.1) is 7.11 Å². The molecule has 0 saturated heterocycles. The maximum absolute atomic E-state index is 6.12. The highest BCUT2D eigenvalue weighted by Crippen LogP contribution is 2.28. The number of nitrogens with two attached hydrogens (primary N) is 1. The maximum Gasteiger partial charge on any atom is 0.124 e. The van der Waals surface area contributed by atoms with Gasteiger partial charge >= 0.3 is 0 Å². The second kappa shape index (κ2) is 6.67. The molecule has 0 amide bonds. The van der Waals surface area contributed by atoms with Gasteiger partial charge in [0.25, 0.3) is 0 Å². The van der Waals surface area contributed by atoms with Crippen molar-refractivity contribution in [3.05, 3.63) is 41.0 Å². The zero-order valence-electron chi connectivity index (χ0n) is 11.0. The lowest BCUT2D eigenvalue weighted by atomic mass is 9.97. The van der Waals surface area contributed by atoms with E-state index in [1.165, 1.54) is 0 Å². The Morgan fingerprint density at radius 3 is 2.18 bits per heavy atom. The monoisotopic (exact) mass is 255 g/mol. The lowest BCUT2D eigenvalue weighted by Gasteiger charge is -2.16. The SMILES string of the molecule is C=C(C)C[C@H](N)c1cc(C)c(OC)c(C)c1.Cl. The molecule has 1 aromatic rings. The molecule has 0 radical (unpaired) electrons. The predicted molar refractivity (Wildman–Crippen MR) is 76.1 cm³/mol. The van der Waals surface area contributed by atoms with Crippen molar-refractivity contribution in [2.24, 2.45) is 5.73 Å². The average Bonchev–Trinajstić information content (AvgIpc) is 2.16. The van der Waals surface area contributed by atoms with Crippen LogP contribution in [0.5, 0.6) is 5.75 Å². The highest BCUT2D eigenvalue weighted by atomic mass is 35.5. The van der Waals surface area contributed by atoms with Crippen molar-refractivity contribution >= 4 is 12.4 Å². The Labute approximate surface area is 110 Å². The summed E-state index contributed by atoms with van der Waals surface area (Å²) in [4.78, 5) is 0. The summed E-state index contributed by atoms with van der Waals surface area (Å²) in [5.74, 6) is 0.950. The fourth-order valence-corrected chi connectivity index (χ4v) is 2.01. The topological polar surface area (TPSA) is 35.2 Å². The molecule has 1 atom stereocenters. The molecular formula is C14H22ClNO. The molecule has 0 saturated carbocycles. The number of hydrogen-bond acceptors (Lipinski definition) is 2. The standard InChI is InChI=1S/C14H21NO.ClH/c1-9(2)6-13(15)12-7-10(3)14(16-5)11(4)8-12;/h7-8,13H,1,6,15H2,2-5H3;1H/t13-;/m0./s1. The summed E-state index contributed by atoms with van der Waals surface area (Å²) >= 11 is 0. The summed E-state index contributed by atoms with van der Waals surface area (Å²) in [6, 6.07) is 4.22. The Morgan fingerprint density at radius 1 is 1.35 bits per heavy atom. The fraction of sp³-hybridized carbons (Fsp3) is 0.429. The lowest BCUT2D eigenvalue weighted by Crippen LogP contribution is -2.11. The third-order valence-electron chi connectivity index (χ3n) is 2.68. The van der Waals surface area contributed by atoms with E-state index in [-0.39, 0.29) is 18.4 Å². The molecule has 2 nitrogen and oxygen atoms in total. The Bertz CT molecular complexity index is 378. The van der Waals surface area contributed by atoms with Gasteiger partial charge in [0, 0.05) is 6.04 Å². The van der Waals surface area contributed by atoms with Crippen molar-refractivity contribution in [1.29, 1.82) is 0 Å². The molecule has 0 aliphatic rings. The predicted octanol–water partition coefficient (Wildman–Crippen LogP) is 3.70. The smallest absolute Gasteiger partial charge is 0.124 e. The van der Waals surface area contributed by atoms with Gasteiger partial charge in [0.15, 0.2) is 0 Å². The molecule has 96 valence electrons. The summed E-state index contributed by atoms with van der Waals surface area (Å²) in [5.41, 5.74) is 10.7. The van der Waals surface area contributed by atoms with Gasteiger partial charge in [-0.1, -0.05) is 17.7 Å². The zero-order chi connectivity index (χ0) is 12.3. The molecule has 0 unspecified atom stereocenters. The molecule has 0 aromatic heterocycles. The van der Waals surface area contributed by atoms with E-state index in [4.69, 9.17) is 10.5 Å². The minimum absolute atomic E-state index is 0. The van der Waals surface area contributed by atoms with Crippen LogP contribution in [0.15, 0.2) is 24.3 Å². The second-order valence-electron chi connectivity index (χ2n) is 4.46. The van der Waals surface area contributed by atoms with Crippen molar-refractivity contribution < 1.29 is 4.74 Å². The van der Waals surface area contributed by atoms with Crippen LogP contribution in [0.1, 0.15) is 36.1 Å². The molecule has 1 rings (SSSR count). The minimum Gasteiger partial charge on any atom is -0.496 e. The van der Waals surface area contributed by atoms with Gasteiger partial charge in [-0.3, -0.25) is 0 Å². The van der Waals surface area contributed by atoms with E-state index < -0.39 is 0 Å². The first-order valence-corrected chi connectivity index (χ1v) is 5.50. The van der Waals surface area contributed by atoms with Crippen LogP contribution in [0.3, 0.4) is 0 Å². The Hall–Kier alpha value is -0.990. The Morgan fingerprint density at radius 2 is 1.82 bits per heavy atom. The highest BCUT2D eigenvalue weighted by molar-refractivity contribution is 5.85. The molecule has 0 aliphatic carbocycles. The number of aryl methyl sites for hydroxylation is 2. The number of rotatable bonds is 4. The maximum atomic E-state index is 6.12. The number of methoxy groups -OCH3 is 1. The molecule has 0 heterocycles. The van der Waals surface area contributed by atoms with E-state index in [1.54, 1.807) is 7.11 Å². The number of hydrogen-bond donors (Lipinski definition) is 1. The first kappa shape index (κ1) is 16.0. The molecule has 1 aromatic carbocycles. The number of ether oxygens (including phenoxy) is 1. The van der Waals surface area contributed by atoms with Crippen LogP contribution >= 0.6 is 12.4 Å². The molecule has 0 spiro atoms.